The van der Waals surface area contributed by atoms with Crippen LogP contribution in [0.2, 0.25) is 0 Å². The molecular formula is C13H16O. The summed E-state index contributed by atoms with van der Waals surface area (Å²) in [6, 6.07) is 8.04. The number of hydrogen-bond acceptors (Lipinski definition) is 1. The van der Waals surface area contributed by atoms with E-state index < -0.39 is 0 Å². The Kier molecular flexibility index (Phi) is 4.41. The monoisotopic (exact) mass is 188 g/mol. The second-order valence-corrected chi connectivity index (χ2v) is 3.36. The van der Waals surface area contributed by atoms with Gasteiger partial charge in [0.25, 0.3) is 0 Å². The highest BCUT2D eigenvalue weighted by molar-refractivity contribution is 5.54. The molecule has 0 amide bonds. The number of allylic oxidation sites excluding steroid dienone is 1. The Morgan fingerprint density at radius 2 is 2.00 bits per heavy atom. The van der Waals surface area contributed by atoms with Gasteiger partial charge in [0.05, 0.1) is 6.10 Å². The Bertz CT molecular complexity index is 300. The lowest BCUT2D eigenvalue weighted by atomic mass is 10.1. The number of rotatable bonds is 4. The van der Waals surface area contributed by atoms with Gasteiger partial charge in [0.2, 0.25) is 0 Å². The highest BCUT2D eigenvalue weighted by atomic mass is 16.5. The highest BCUT2D eigenvalue weighted by Crippen LogP contribution is 2.14. The summed E-state index contributed by atoms with van der Waals surface area (Å²) in [4.78, 5) is 0. The molecule has 0 aromatic heterocycles. The molecule has 14 heavy (non-hydrogen) atoms. The third-order valence-electron chi connectivity index (χ3n) is 1.71. The molecule has 1 rings (SSSR count). The minimum absolute atomic E-state index is 0.175. The van der Waals surface area contributed by atoms with Crippen LogP contribution in [0, 0.1) is 6.61 Å². The fourth-order valence-corrected chi connectivity index (χ4v) is 1.10. The molecule has 0 saturated heterocycles. The van der Waals surface area contributed by atoms with E-state index in [1.807, 2.05) is 57.2 Å². The molecular weight excluding hydrogens is 172 g/mol. The van der Waals surface area contributed by atoms with Gasteiger partial charge < -0.3 is 4.74 Å². The first kappa shape index (κ1) is 11.0. The van der Waals surface area contributed by atoms with Gasteiger partial charge in [-0.3, -0.25) is 0 Å². The van der Waals surface area contributed by atoms with Gasteiger partial charge in [-0.15, -0.1) is 0 Å². The van der Waals surface area contributed by atoms with Gasteiger partial charge >= 0.3 is 0 Å². The summed E-state index contributed by atoms with van der Waals surface area (Å²) in [6.45, 7) is 8.93. The Balaban J connectivity index is 2.74. The number of hydrogen-bond donors (Lipinski definition) is 0. The molecule has 0 bridgehead atoms. The van der Waals surface area contributed by atoms with E-state index in [1.54, 1.807) is 0 Å². The lowest BCUT2D eigenvalue weighted by Crippen LogP contribution is -2.01. The maximum Gasteiger partial charge on any atom is 0.167 e. The quantitative estimate of drug-likeness (QED) is 0.702. The molecule has 0 spiro atoms. The summed E-state index contributed by atoms with van der Waals surface area (Å²) >= 11 is 0. The maximum absolute atomic E-state index is 5.33. The third-order valence-corrected chi connectivity index (χ3v) is 1.71. The average Bonchev–Trinajstić information content (AvgIpc) is 2.17. The number of benzene rings is 1. The molecule has 0 N–H and O–H groups in total. The van der Waals surface area contributed by atoms with Crippen LogP contribution in [-0.4, -0.2) is 6.10 Å². The van der Waals surface area contributed by atoms with Crippen molar-refractivity contribution in [3.63, 3.8) is 0 Å². The van der Waals surface area contributed by atoms with Crippen LogP contribution in [0.4, 0.5) is 0 Å². The van der Waals surface area contributed by atoms with Crippen LogP contribution in [0.15, 0.2) is 30.3 Å². The molecule has 0 atom stereocenters. The van der Waals surface area contributed by atoms with Crippen LogP contribution in [0.25, 0.3) is 6.08 Å². The fraction of sp³-hybridized carbons (Fsp3) is 0.308. The fourth-order valence-electron chi connectivity index (χ4n) is 1.10. The molecule has 2 radical (unpaired) electrons. The van der Waals surface area contributed by atoms with Gasteiger partial charge in [-0.1, -0.05) is 36.4 Å². The van der Waals surface area contributed by atoms with Gasteiger partial charge in [-0.25, -0.2) is 0 Å². The summed E-state index contributed by atoms with van der Waals surface area (Å²) in [6.07, 6.45) is 4.23. The van der Waals surface area contributed by atoms with Crippen LogP contribution in [-0.2, 0) is 4.74 Å². The SMILES string of the molecule is CC=Cc1ccccc1[C]OC(C)C. The molecule has 0 saturated carbocycles. The maximum atomic E-state index is 5.33. The summed E-state index contributed by atoms with van der Waals surface area (Å²) in [5.41, 5.74) is 2.13. The Morgan fingerprint density at radius 1 is 1.29 bits per heavy atom. The molecule has 0 heterocycles. The van der Waals surface area contributed by atoms with E-state index in [1.165, 1.54) is 0 Å². The molecule has 1 nitrogen and oxygen atoms in total. The third kappa shape index (κ3) is 3.35. The van der Waals surface area contributed by atoms with Crippen LogP contribution in [0.1, 0.15) is 31.9 Å². The van der Waals surface area contributed by atoms with Crippen LogP contribution in [0.3, 0.4) is 0 Å². The van der Waals surface area contributed by atoms with E-state index in [0.717, 1.165) is 11.1 Å². The van der Waals surface area contributed by atoms with Gasteiger partial charge in [0.15, 0.2) is 6.61 Å². The van der Waals surface area contributed by atoms with E-state index in [2.05, 4.69) is 6.61 Å². The lowest BCUT2D eigenvalue weighted by Gasteiger charge is -2.07. The Hall–Kier alpha value is -1.08. The van der Waals surface area contributed by atoms with Crippen molar-refractivity contribution >= 4 is 6.08 Å². The van der Waals surface area contributed by atoms with Crippen molar-refractivity contribution in [3.8, 4) is 0 Å². The minimum Gasteiger partial charge on any atom is -0.360 e. The molecule has 0 aliphatic rings. The summed E-state index contributed by atoms with van der Waals surface area (Å²) in [5, 5.41) is 0. The van der Waals surface area contributed by atoms with E-state index >= 15 is 0 Å². The molecule has 1 heteroatoms. The van der Waals surface area contributed by atoms with Crippen molar-refractivity contribution in [2.45, 2.75) is 26.9 Å². The first-order chi connectivity index (χ1) is 6.74. The van der Waals surface area contributed by atoms with Crippen molar-refractivity contribution in [2.24, 2.45) is 0 Å². The van der Waals surface area contributed by atoms with Gasteiger partial charge in [-0.2, -0.15) is 0 Å². The molecule has 74 valence electrons. The van der Waals surface area contributed by atoms with E-state index in [4.69, 9.17) is 4.74 Å². The Morgan fingerprint density at radius 3 is 2.64 bits per heavy atom. The summed E-state index contributed by atoms with van der Waals surface area (Å²) in [7, 11) is 0. The zero-order valence-corrected chi connectivity index (χ0v) is 8.95. The van der Waals surface area contributed by atoms with Crippen LogP contribution >= 0.6 is 0 Å². The molecule has 0 unspecified atom stereocenters. The largest absolute Gasteiger partial charge is 0.360 e. The van der Waals surface area contributed by atoms with Crippen molar-refractivity contribution in [3.05, 3.63) is 48.1 Å². The van der Waals surface area contributed by atoms with Gasteiger partial charge in [-0.05, 0) is 31.9 Å². The second kappa shape index (κ2) is 5.61. The topological polar surface area (TPSA) is 9.23 Å². The van der Waals surface area contributed by atoms with E-state index in [0.29, 0.717) is 0 Å². The molecule has 0 aliphatic carbocycles. The predicted molar refractivity (Wildman–Crippen MR) is 59.7 cm³/mol. The van der Waals surface area contributed by atoms with E-state index in [-0.39, 0.29) is 6.10 Å². The zero-order valence-electron chi connectivity index (χ0n) is 8.95. The average molecular weight is 188 g/mol. The Labute approximate surface area is 86.4 Å². The van der Waals surface area contributed by atoms with Crippen molar-refractivity contribution in [1.29, 1.82) is 0 Å². The first-order valence-corrected chi connectivity index (χ1v) is 4.87. The number of ether oxygens (including phenoxy) is 1. The summed E-state index contributed by atoms with van der Waals surface area (Å²) < 4.78 is 5.33. The highest BCUT2D eigenvalue weighted by Gasteiger charge is 2.01. The second-order valence-electron chi connectivity index (χ2n) is 3.36. The van der Waals surface area contributed by atoms with Crippen molar-refractivity contribution in [2.75, 3.05) is 0 Å². The molecule has 1 aromatic carbocycles. The van der Waals surface area contributed by atoms with Crippen LogP contribution in [0.5, 0.6) is 0 Å². The molecule has 1 aromatic rings. The first-order valence-electron chi connectivity index (χ1n) is 4.87. The van der Waals surface area contributed by atoms with E-state index in [9.17, 15) is 0 Å². The predicted octanol–water partition coefficient (Wildman–Crippen LogP) is 3.53. The smallest absolute Gasteiger partial charge is 0.167 e. The van der Waals surface area contributed by atoms with Crippen molar-refractivity contribution < 1.29 is 4.74 Å². The summed E-state index contributed by atoms with van der Waals surface area (Å²) in [5.74, 6) is 0. The zero-order chi connectivity index (χ0) is 10.4. The van der Waals surface area contributed by atoms with Gasteiger partial charge in [0.1, 0.15) is 0 Å². The van der Waals surface area contributed by atoms with Gasteiger partial charge in [0, 0.05) is 0 Å². The molecule has 0 aliphatic heterocycles. The van der Waals surface area contributed by atoms with Crippen molar-refractivity contribution in [1.82, 2.24) is 0 Å². The standard InChI is InChI=1S/C13H16O/c1-4-7-12-8-5-6-9-13(12)10-14-11(2)3/h4-9,11H,1-3H3. The lowest BCUT2D eigenvalue weighted by molar-refractivity contribution is 0.147. The minimum atomic E-state index is 0.175. The molecule has 0 fully saturated rings. The van der Waals surface area contributed by atoms with Crippen LogP contribution < -0.4 is 0 Å². The normalized spacial score (nSPS) is 11.4.